The summed E-state index contributed by atoms with van der Waals surface area (Å²) in [6, 6.07) is 19.0. The molecule has 1 aliphatic rings. The van der Waals surface area contributed by atoms with Gasteiger partial charge in [0, 0.05) is 13.1 Å². The Morgan fingerprint density at radius 2 is 1.72 bits per heavy atom. The average molecular weight is 331 g/mol. The molecule has 0 aliphatic carbocycles. The van der Waals surface area contributed by atoms with Crippen molar-refractivity contribution in [2.24, 2.45) is 5.92 Å². The minimum Gasteiger partial charge on any atom is -0.330 e. The molecule has 0 amide bonds. The Balaban J connectivity index is 1.28. The van der Waals surface area contributed by atoms with Crippen LogP contribution in [-0.2, 0) is 6.54 Å². The van der Waals surface area contributed by atoms with Crippen molar-refractivity contribution in [3.8, 4) is 0 Å². The summed E-state index contributed by atoms with van der Waals surface area (Å²) >= 11 is 0. The largest absolute Gasteiger partial charge is 0.330 e. The monoisotopic (exact) mass is 331 g/mol. The molecule has 3 aromatic rings. The normalized spacial score (nSPS) is 16.8. The highest BCUT2D eigenvalue weighted by atomic mass is 15.1. The molecule has 1 aromatic heterocycles. The summed E-state index contributed by atoms with van der Waals surface area (Å²) in [5.74, 6) is 0.756. The first-order valence-electron chi connectivity index (χ1n) is 9.22. The van der Waals surface area contributed by atoms with Crippen LogP contribution in [0.4, 0.5) is 0 Å². The zero-order valence-electron chi connectivity index (χ0n) is 14.6. The quantitative estimate of drug-likeness (QED) is 0.688. The predicted molar refractivity (Wildman–Crippen MR) is 104 cm³/mol. The second-order valence-corrected chi connectivity index (χ2v) is 6.94. The number of nitrogens with zero attached hydrogens (tertiary/aromatic N) is 3. The standard InChI is InChI=1S/C22H25N3/c1-2-7-19(8-3-1)9-6-14-24-15-12-20(13-16-24)17-25-18-23-21-10-4-5-11-22(21)25/h1-11,18,20H,12-17H2. The molecule has 0 radical (unpaired) electrons. The molecule has 128 valence electrons. The third kappa shape index (κ3) is 3.99. The molecular weight excluding hydrogens is 306 g/mol. The van der Waals surface area contributed by atoms with E-state index in [9.17, 15) is 0 Å². The third-order valence-corrected chi connectivity index (χ3v) is 5.16. The Hall–Kier alpha value is -2.39. The molecule has 1 saturated heterocycles. The molecule has 3 heteroatoms. The summed E-state index contributed by atoms with van der Waals surface area (Å²) in [6.07, 6.45) is 9.06. The van der Waals surface area contributed by atoms with E-state index >= 15 is 0 Å². The van der Waals surface area contributed by atoms with Crippen molar-refractivity contribution >= 4 is 17.1 Å². The summed E-state index contributed by atoms with van der Waals surface area (Å²) in [5.41, 5.74) is 3.64. The number of hydrogen-bond acceptors (Lipinski definition) is 2. The fourth-order valence-electron chi connectivity index (χ4n) is 3.69. The number of para-hydroxylation sites is 2. The molecule has 2 aromatic carbocycles. The van der Waals surface area contributed by atoms with Gasteiger partial charge in [-0.05, 0) is 49.5 Å². The lowest BCUT2D eigenvalue weighted by molar-refractivity contribution is 0.189. The summed E-state index contributed by atoms with van der Waals surface area (Å²) < 4.78 is 2.32. The SMILES string of the molecule is C(=Cc1ccccc1)CN1CCC(Cn2cnc3ccccc32)CC1. The molecule has 2 heterocycles. The van der Waals surface area contributed by atoms with E-state index < -0.39 is 0 Å². The molecule has 0 atom stereocenters. The van der Waals surface area contributed by atoms with Gasteiger partial charge in [-0.25, -0.2) is 4.98 Å². The Kier molecular flexibility index (Phi) is 4.93. The van der Waals surface area contributed by atoms with Gasteiger partial charge in [-0.15, -0.1) is 0 Å². The summed E-state index contributed by atoms with van der Waals surface area (Å²) in [7, 11) is 0. The lowest BCUT2D eigenvalue weighted by atomic mass is 9.96. The fourth-order valence-corrected chi connectivity index (χ4v) is 3.69. The van der Waals surface area contributed by atoms with Crippen molar-refractivity contribution in [1.82, 2.24) is 14.5 Å². The lowest BCUT2D eigenvalue weighted by Crippen LogP contribution is -2.35. The van der Waals surface area contributed by atoms with Crippen LogP contribution in [0, 0.1) is 5.92 Å². The van der Waals surface area contributed by atoms with Gasteiger partial charge in [-0.1, -0.05) is 54.6 Å². The number of fused-ring (bicyclic) bond motifs is 1. The number of aromatic nitrogens is 2. The number of benzene rings is 2. The highest BCUT2D eigenvalue weighted by Gasteiger charge is 2.19. The molecular formula is C22H25N3. The van der Waals surface area contributed by atoms with Gasteiger partial charge >= 0.3 is 0 Å². The lowest BCUT2D eigenvalue weighted by Gasteiger charge is -2.31. The van der Waals surface area contributed by atoms with E-state index in [-0.39, 0.29) is 0 Å². The number of hydrogen-bond donors (Lipinski definition) is 0. The summed E-state index contributed by atoms with van der Waals surface area (Å²) in [4.78, 5) is 7.07. The van der Waals surface area contributed by atoms with Crippen LogP contribution in [0.3, 0.4) is 0 Å². The minimum absolute atomic E-state index is 0.756. The topological polar surface area (TPSA) is 21.1 Å². The van der Waals surface area contributed by atoms with Crippen LogP contribution < -0.4 is 0 Å². The maximum absolute atomic E-state index is 4.51. The molecule has 25 heavy (non-hydrogen) atoms. The van der Waals surface area contributed by atoms with Crippen LogP contribution in [0.5, 0.6) is 0 Å². The first-order chi connectivity index (χ1) is 12.4. The molecule has 0 bridgehead atoms. The average Bonchev–Trinajstić information content (AvgIpc) is 3.07. The van der Waals surface area contributed by atoms with Gasteiger partial charge in [-0.2, -0.15) is 0 Å². The Morgan fingerprint density at radius 3 is 2.56 bits per heavy atom. The van der Waals surface area contributed by atoms with Crippen molar-refractivity contribution in [2.75, 3.05) is 19.6 Å². The van der Waals surface area contributed by atoms with Crippen LogP contribution in [0.15, 0.2) is 67.0 Å². The van der Waals surface area contributed by atoms with E-state index in [0.29, 0.717) is 0 Å². The number of likely N-dealkylation sites (tertiary alicyclic amines) is 1. The highest BCUT2D eigenvalue weighted by molar-refractivity contribution is 5.74. The molecule has 0 saturated carbocycles. The summed E-state index contributed by atoms with van der Waals surface area (Å²) in [6.45, 7) is 4.52. The molecule has 1 aliphatic heterocycles. The van der Waals surface area contributed by atoms with E-state index in [1.165, 1.54) is 37.0 Å². The molecule has 0 N–H and O–H groups in total. The number of piperidine rings is 1. The van der Waals surface area contributed by atoms with Crippen molar-refractivity contribution in [2.45, 2.75) is 19.4 Å². The maximum atomic E-state index is 4.51. The van der Waals surface area contributed by atoms with Gasteiger partial charge in [0.05, 0.1) is 17.4 Å². The van der Waals surface area contributed by atoms with Crippen LogP contribution >= 0.6 is 0 Å². The predicted octanol–water partition coefficient (Wildman–Crippen LogP) is 4.46. The van der Waals surface area contributed by atoms with Gasteiger partial charge < -0.3 is 4.57 Å². The van der Waals surface area contributed by atoms with Crippen LogP contribution in [0.25, 0.3) is 17.1 Å². The molecule has 0 spiro atoms. The minimum atomic E-state index is 0.756. The molecule has 4 rings (SSSR count). The Labute approximate surface area is 149 Å². The van der Waals surface area contributed by atoms with E-state index in [2.05, 4.69) is 81.2 Å². The highest BCUT2D eigenvalue weighted by Crippen LogP contribution is 2.21. The van der Waals surface area contributed by atoms with Gasteiger partial charge in [0.2, 0.25) is 0 Å². The van der Waals surface area contributed by atoms with Gasteiger partial charge in [0.25, 0.3) is 0 Å². The van der Waals surface area contributed by atoms with Crippen molar-refractivity contribution in [1.29, 1.82) is 0 Å². The van der Waals surface area contributed by atoms with Crippen LogP contribution in [0.2, 0.25) is 0 Å². The van der Waals surface area contributed by atoms with E-state index in [4.69, 9.17) is 0 Å². The van der Waals surface area contributed by atoms with Gasteiger partial charge in [-0.3, -0.25) is 4.90 Å². The van der Waals surface area contributed by atoms with Crippen molar-refractivity contribution < 1.29 is 0 Å². The zero-order chi connectivity index (χ0) is 16.9. The Morgan fingerprint density at radius 1 is 0.960 bits per heavy atom. The van der Waals surface area contributed by atoms with Gasteiger partial charge in [0.15, 0.2) is 0 Å². The first kappa shape index (κ1) is 16.1. The second-order valence-electron chi connectivity index (χ2n) is 6.94. The smallest absolute Gasteiger partial charge is 0.0958 e. The van der Waals surface area contributed by atoms with E-state index in [1.54, 1.807) is 0 Å². The summed E-state index contributed by atoms with van der Waals surface area (Å²) in [5, 5.41) is 0. The van der Waals surface area contributed by atoms with E-state index in [0.717, 1.165) is 24.5 Å². The van der Waals surface area contributed by atoms with Crippen molar-refractivity contribution in [3.05, 3.63) is 72.6 Å². The fraction of sp³-hybridized carbons (Fsp3) is 0.318. The molecule has 3 nitrogen and oxygen atoms in total. The maximum Gasteiger partial charge on any atom is 0.0958 e. The van der Waals surface area contributed by atoms with Crippen LogP contribution in [0.1, 0.15) is 18.4 Å². The van der Waals surface area contributed by atoms with Crippen molar-refractivity contribution in [3.63, 3.8) is 0 Å². The van der Waals surface area contributed by atoms with Gasteiger partial charge in [0.1, 0.15) is 0 Å². The second kappa shape index (κ2) is 7.66. The first-order valence-corrected chi connectivity index (χ1v) is 9.22. The molecule has 1 fully saturated rings. The third-order valence-electron chi connectivity index (χ3n) is 5.16. The number of imidazole rings is 1. The van der Waals surface area contributed by atoms with Crippen LogP contribution in [-0.4, -0.2) is 34.1 Å². The Bertz CT molecular complexity index is 827. The molecule has 0 unspecified atom stereocenters. The number of rotatable bonds is 5. The van der Waals surface area contributed by atoms with E-state index in [1.807, 2.05) is 6.33 Å². The zero-order valence-corrected chi connectivity index (χ0v) is 14.6.